The Kier molecular flexibility index (Phi) is 10.2. The summed E-state index contributed by atoms with van der Waals surface area (Å²) in [6.45, 7) is 0. The molecule has 28 heavy (non-hydrogen) atoms. The quantitative estimate of drug-likeness (QED) is 0.396. The van der Waals surface area contributed by atoms with E-state index in [1.165, 1.54) is 38.5 Å². The van der Waals surface area contributed by atoms with Crippen LogP contribution in [0, 0.1) is 0 Å². The van der Waals surface area contributed by atoms with Crippen LogP contribution in [0.3, 0.4) is 0 Å². The number of methoxy groups -OCH3 is 2. The van der Waals surface area contributed by atoms with Crippen molar-refractivity contribution in [1.82, 2.24) is 0 Å². The van der Waals surface area contributed by atoms with Gasteiger partial charge in [0.15, 0.2) is 34.6 Å². The Morgan fingerprint density at radius 2 is 1.21 bits per heavy atom. The number of aromatic hydroxyl groups is 2. The zero-order chi connectivity index (χ0) is 19.8. The fourth-order valence-electron chi connectivity index (χ4n) is 2.26. The summed E-state index contributed by atoms with van der Waals surface area (Å²) in [4.78, 5) is 23.9. The van der Waals surface area contributed by atoms with E-state index in [2.05, 4.69) is 0 Å². The monoisotopic (exact) mass is 408 g/mol. The molecule has 2 aromatic carbocycles. The first kappa shape index (κ1) is 24.1. The molecule has 0 radical (unpaired) electrons. The first-order chi connectivity index (χ1) is 12.9. The standard InChI is InChI=1S/C21H20O6.K.H/c1-26-20-11-14(5-9-18(20)24)3-7-16(22)13-17(23)8-4-15-6-10-19(25)21(12-15)27-2;;/h3-12,24-25H,13H2,1-2H3;;/b7-3+,8-4+;;. The van der Waals surface area contributed by atoms with Gasteiger partial charge in [-0.05, 0) is 47.5 Å². The normalized spacial score (nSPS) is 10.6. The second-order valence-corrected chi connectivity index (χ2v) is 5.64. The van der Waals surface area contributed by atoms with E-state index >= 15 is 0 Å². The number of hydrogen-bond donors (Lipinski definition) is 2. The van der Waals surface area contributed by atoms with Crippen LogP contribution in [0.1, 0.15) is 17.5 Å². The summed E-state index contributed by atoms with van der Waals surface area (Å²) < 4.78 is 10.00. The fourth-order valence-corrected chi connectivity index (χ4v) is 2.26. The van der Waals surface area contributed by atoms with Crippen molar-refractivity contribution in [2.75, 3.05) is 14.2 Å². The van der Waals surface area contributed by atoms with Crippen LogP contribution in [0.25, 0.3) is 12.2 Å². The fraction of sp³-hybridized carbons (Fsp3) is 0.143. The molecule has 0 spiro atoms. The van der Waals surface area contributed by atoms with Crippen LogP contribution in [0.2, 0.25) is 0 Å². The predicted molar refractivity (Wildman–Crippen MR) is 109 cm³/mol. The average molecular weight is 408 g/mol. The van der Waals surface area contributed by atoms with Crippen molar-refractivity contribution in [2.45, 2.75) is 6.42 Å². The number of allylic oxidation sites excluding steroid dienone is 2. The van der Waals surface area contributed by atoms with E-state index in [4.69, 9.17) is 9.47 Å². The SMILES string of the molecule is COc1cc(/C=C/C(=O)CC(=O)/C=C/c2ccc(O)c(OC)c2)ccc1O.[KH]. The van der Waals surface area contributed by atoms with Gasteiger partial charge in [0.25, 0.3) is 0 Å². The number of carbonyl (C=O) groups excluding carboxylic acids is 2. The Morgan fingerprint density at radius 3 is 1.57 bits per heavy atom. The topological polar surface area (TPSA) is 93.1 Å². The van der Waals surface area contributed by atoms with Crippen LogP contribution in [-0.4, -0.2) is 87.4 Å². The molecule has 0 saturated carbocycles. The summed E-state index contributed by atoms with van der Waals surface area (Å²) in [5.41, 5.74) is 1.33. The predicted octanol–water partition coefficient (Wildman–Crippen LogP) is 2.72. The second-order valence-electron chi connectivity index (χ2n) is 5.64. The number of ketones is 2. The molecule has 0 heterocycles. The van der Waals surface area contributed by atoms with Crippen molar-refractivity contribution in [1.29, 1.82) is 0 Å². The van der Waals surface area contributed by atoms with Gasteiger partial charge in [0.05, 0.1) is 20.6 Å². The number of ether oxygens (including phenoxy) is 2. The summed E-state index contributed by atoms with van der Waals surface area (Å²) in [5.74, 6) is -0.0832. The van der Waals surface area contributed by atoms with E-state index in [0.717, 1.165) is 0 Å². The number of phenols is 2. The molecule has 2 N–H and O–H groups in total. The molecular formula is C21H21KO6. The Labute approximate surface area is 205 Å². The van der Waals surface area contributed by atoms with E-state index in [1.807, 2.05) is 0 Å². The van der Waals surface area contributed by atoms with E-state index < -0.39 is 0 Å². The number of phenolic OH excluding ortho intramolecular Hbond substituents is 2. The summed E-state index contributed by atoms with van der Waals surface area (Å²) >= 11 is 0. The summed E-state index contributed by atoms with van der Waals surface area (Å²) in [6.07, 6.45) is 5.44. The van der Waals surface area contributed by atoms with Gasteiger partial charge in [-0.2, -0.15) is 0 Å². The minimum absolute atomic E-state index is 0. The molecule has 0 fully saturated rings. The van der Waals surface area contributed by atoms with Crippen molar-refractivity contribution in [3.05, 3.63) is 59.7 Å². The number of carbonyl (C=O) groups is 2. The molecule has 0 atom stereocenters. The van der Waals surface area contributed by atoms with Crippen molar-refractivity contribution >= 4 is 75.1 Å². The Bertz CT molecular complexity index is 828. The average Bonchev–Trinajstić information content (AvgIpc) is 2.66. The third-order valence-electron chi connectivity index (χ3n) is 3.68. The van der Waals surface area contributed by atoms with E-state index in [9.17, 15) is 19.8 Å². The number of rotatable bonds is 8. The van der Waals surface area contributed by atoms with Gasteiger partial charge < -0.3 is 19.7 Å². The molecule has 2 aromatic rings. The molecule has 6 nitrogen and oxygen atoms in total. The molecule has 0 saturated heterocycles. The third kappa shape index (κ3) is 7.25. The van der Waals surface area contributed by atoms with Crippen LogP contribution in [0.4, 0.5) is 0 Å². The van der Waals surface area contributed by atoms with E-state index in [0.29, 0.717) is 22.6 Å². The van der Waals surface area contributed by atoms with Crippen molar-refractivity contribution in [3.63, 3.8) is 0 Å². The van der Waals surface area contributed by atoms with Crippen molar-refractivity contribution in [3.8, 4) is 23.0 Å². The van der Waals surface area contributed by atoms with Gasteiger partial charge in [-0.15, -0.1) is 0 Å². The van der Waals surface area contributed by atoms with Crippen LogP contribution >= 0.6 is 0 Å². The van der Waals surface area contributed by atoms with Crippen molar-refractivity contribution in [2.24, 2.45) is 0 Å². The molecular weight excluding hydrogens is 387 g/mol. The molecule has 2 rings (SSSR count). The molecule has 0 aliphatic heterocycles. The first-order valence-corrected chi connectivity index (χ1v) is 8.08. The van der Waals surface area contributed by atoms with Gasteiger partial charge in [-0.1, -0.05) is 24.3 Å². The molecule has 0 amide bonds. The van der Waals surface area contributed by atoms with E-state index in [1.54, 1.807) is 36.4 Å². The Balaban J connectivity index is 0.00000392. The summed E-state index contributed by atoms with van der Waals surface area (Å²) in [6, 6.07) is 9.34. The second kappa shape index (κ2) is 11.8. The maximum atomic E-state index is 11.9. The molecule has 0 unspecified atom stereocenters. The first-order valence-electron chi connectivity index (χ1n) is 8.08. The molecule has 7 heteroatoms. The van der Waals surface area contributed by atoms with E-state index in [-0.39, 0.29) is 80.9 Å². The van der Waals surface area contributed by atoms with Gasteiger partial charge in [0.2, 0.25) is 0 Å². The summed E-state index contributed by atoms with van der Waals surface area (Å²) in [5, 5.41) is 19.1. The Morgan fingerprint density at radius 1 is 0.821 bits per heavy atom. The van der Waals surface area contributed by atoms with Crippen LogP contribution in [0.5, 0.6) is 23.0 Å². The molecule has 0 aliphatic rings. The van der Waals surface area contributed by atoms with Gasteiger partial charge in [-0.3, -0.25) is 9.59 Å². The summed E-state index contributed by atoms with van der Waals surface area (Å²) in [7, 11) is 2.87. The van der Waals surface area contributed by atoms with Crippen LogP contribution in [0.15, 0.2) is 48.6 Å². The van der Waals surface area contributed by atoms with Gasteiger partial charge in [0, 0.05) is 0 Å². The molecule has 0 aromatic heterocycles. The number of hydrogen-bond acceptors (Lipinski definition) is 6. The zero-order valence-electron chi connectivity index (χ0n) is 15.0. The van der Waals surface area contributed by atoms with Crippen LogP contribution < -0.4 is 9.47 Å². The maximum absolute atomic E-state index is 11.9. The number of benzene rings is 2. The Hall–Kier alpha value is -1.90. The van der Waals surface area contributed by atoms with Crippen molar-refractivity contribution < 1.29 is 29.3 Å². The molecule has 142 valence electrons. The van der Waals surface area contributed by atoms with Crippen LogP contribution in [-0.2, 0) is 9.59 Å². The third-order valence-corrected chi connectivity index (χ3v) is 3.68. The zero-order valence-corrected chi connectivity index (χ0v) is 15.0. The molecule has 0 bridgehead atoms. The van der Waals surface area contributed by atoms with Gasteiger partial charge in [0.1, 0.15) is 0 Å². The van der Waals surface area contributed by atoms with Gasteiger partial charge >= 0.3 is 51.4 Å². The minimum atomic E-state index is -0.347. The molecule has 0 aliphatic carbocycles. The van der Waals surface area contributed by atoms with Gasteiger partial charge in [-0.25, -0.2) is 0 Å².